The van der Waals surface area contributed by atoms with Gasteiger partial charge in [0.05, 0.1) is 23.5 Å². The minimum absolute atomic E-state index is 0.00325. The van der Waals surface area contributed by atoms with Crippen LogP contribution in [0.2, 0.25) is 0 Å². The normalized spacial score (nSPS) is 20.3. The number of nitrogens with zero attached hydrogens (tertiary/aromatic N) is 4. The molecular weight excluding hydrogens is 739 g/mol. The van der Waals surface area contributed by atoms with Crippen molar-refractivity contribution in [3.8, 4) is 11.3 Å². The Hall–Kier alpha value is -4.38. The number of hydrogen-bond donors (Lipinski definition) is 1. The van der Waals surface area contributed by atoms with Gasteiger partial charge in [0.1, 0.15) is 30.5 Å². The van der Waals surface area contributed by atoms with E-state index in [0.29, 0.717) is 54.1 Å². The first kappa shape index (κ1) is 40.8. The highest BCUT2D eigenvalue weighted by molar-refractivity contribution is 8.72. The average Bonchev–Trinajstić information content (AvgIpc) is 3.88. The Balaban J connectivity index is 1.33. The Morgan fingerprint density at radius 3 is 2.35 bits per heavy atom. The third-order valence-electron chi connectivity index (χ3n) is 9.97. The number of oxazole rings is 1. The van der Waals surface area contributed by atoms with Gasteiger partial charge < -0.3 is 38.3 Å². The first-order valence-corrected chi connectivity index (χ1v) is 21.4. The van der Waals surface area contributed by atoms with Crippen LogP contribution in [0.4, 0.5) is 10.6 Å². The highest BCUT2D eigenvalue weighted by Gasteiger charge is 2.45. The summed E-state index contributed by atoms with van der Waals surface area (Å²) in [5, 5.41) is 6.71. The van der Waals surface area contributed by atoms with Crippen molar-refractivity contribution in [1.29, 1.82) is 0 Å². The van der Waals surface area contributed by atoms with E-state index in [1.807, 2.05) is 56.9 Å². The number of nitrogens with one attached hydrogen (secondary N) is 1. The maximum Gasteiger partial charge on any atom is 0.508 e. The molecule has 17 heteroatoms. The summed E-state index contributed by atoms with van der Waals surface area (Å²) in [6.07, 6.45) is 2.12. The predicted molar refractivity (Wildman–Crippen MR) is 201 cm³/mol. The molecule has 1 N–H and O–H groups in total. The summed E-state index contributed by atoms with van der Waals surface area (Å²) in [7, 11) is -2.72. The number of likely N-dealkylation sites (tertiary alicyclic amines) is 1. The average molecular weight is 788 g/mol. The molecule has 0 radical (unpaired) electrons. The van der Waals surface area contributed by atoms with Crippen molar-refractivity contribution in [3.05, 3.63) is 53.7 Å². The fraction of sp³-hybridized carbons (Fsp3) is 0.568. The number of carbonyl (C=O) groups is 4. The molecule has 2 amide bonds. The Morgan fingerprint density at radius 1 is 1.07 bits per heavy atom. The topological polar surface area (TPSA) is 191 Å². The molecule has 0 saturated carbocycles. The van der Waals surface area contributed by atoms with Crippen LogP contribution in [-0.4, -0.2) is 97.1 Å². The number of carbonyl (C=O) groups excluding carboxylic acids is 4. The second-order valence-corrected chi connectivity index (χ2v) is 19.2. The van der Waals surface area contributed by atoms with Crippen LogP contribution in [0, 0.1) is 18.8 Å². The van der Waals surface area contributed by atoms with E-state index < -0.39 is 62.3 Å². The second-order valence-electron chi connectivity index (χ2n) is 14.4. The van der Waals surface area contributed by atoms with E-state index >= 15 is 0 Å². The zero-order valence-electron chi connectivity index (χ0n) is 31.6. The maximum absolute atomic E-state index is 14.5. The zero-order valence-corrected chi connectivity index (χ0v) is 33.2. The summed E-state index contributed by atoms with van der Waals surface area (Å²) >= 11 is 0. The molecule has 0 aliphatic carbocycles. The molecule has 15 nitrogen and oxygen atoms in total. The zero-order chi connectivity index (χ0) is 39.3. The number of hydrogen-bond acceptors (Lipinski definition) is 14. The van der Waals surface area contributed by atoms with Gasteiger partial charge in [-0.05, 0) is 62.8 Å². The first-order valence-electron chi connectivity index (χ1n) is 18.1. The highest BCUT2D eigenvalue weighted by Crippen LogP contribution is 2.35. The molecule has 3 aromatic rings. The van der Waals surface area contributed by atoms with Crippen LogP contribution in [0.3, 0.4) is 0 Å². The fourth-order valence-electron chi connectivity index (χ4n) is 6.79. The molecule has 2 aliphatic rings. The van der Waals surface area contributed by atoms with Gasteiger partial charge in [0, 0.05) is 43.3 Å². The molecular formula is C37H49N5O10S2. The van der Waals surface area contributed by atoms with Crippen molar-refractivity contribution in [2.45, 2.75) is 96.3 Å². The number of anilines is 1. The number of rotatable bonds is 14. The summed E-state index contributed by atoms with van der Waals surface area (Å²) in [6, 6.07) is 7.81. The van der Waals surface area contributed by atoms with Crippen LogP contribution >= 0.6 is 10.8 Å². The number of piperidine rings is 1. The Bertz CT molecular complexity index is 1890. The van der Waals surface area contributed by atoms with E-state index in [9.17, 15) is 27.6 Å². The summed E-state index contributed by atoms with van der Waals surface area (Å²) in [5.41, 5.74) is 2.41. The van der Waals surface area contributed by atoms with E-state index in [0.717, 1.165) is 29.4 Å². The van der Waals surface area contributed by atoms with E-state index in [2.05, 4.69) is 15.5 Å². The van der Waals surface area contributed by atoms with E-state index in [1.165, 1.54) is 11.3 Å². The Labute approximate surface area is 319 Å². The van der Waals surface area contributed by atoms with Crippen LogP contribution < -0.4 is 10.2 Å². The lowest BCUT2D eigenvalue weighted by atomic mass is 9.91. The molecule has 0 spiro atoms. The Morgan fingerprint density at radius 2 is 1.76 bits per heavy atom. The van der Waals surface area contributed by atoms with Crippen LogP contribution in [0.1, 0.15) is 82.9 Å². The summed E-state index contributed by atoms with van der Waals surface area (Å²) < 4.78 is 45.8. The van der Waals surface area contributed by atoms with E-state index in [-0.39, 0.29) is 24.8 Å². The molecule has 54 heavy (non-hydrogen) atoms. The van der Waals surface area contributed by atoms with Gasteiger partial charge in [0.15, 0.2) is 32.6 Å². The van der Waals surface area contributed by atoms with Gasteiger partial charge in [-0.1, -0.05) is 43.3 Å². The molecule has 2 fully saturated rings. The standard InChI is InChI=1S/C37H49N5O10S2/c1-21(2)33(31-17-32(40-52-31)41-14-12-26(19-43)13-15-41)36(45)42-18-29(51-37(46)50-24(5)25(6)53-54(7,47)48)16-30(42)35(44)39-22(3)27-8-10-28(11-9-27)34-23(4)38-20-49-34/h8-11,17,19-22,24-26,29-30,33H,12-16,18H2,1-7H3,(H,39,44)/t22-,24?,25?,29+,30-,33+/m0/s1. The van der Waals surface area contributed by atoms with Crippen LogP contribution in [0.15, 0.2) is 45.7 Å². The number of aryl methyl sites for hydroxylation is 1. The number of ether oxygens (including phenoxy) is 2. The van der Waals surface area contributed by atoms with Crippen molar-refractivity contribution < 1.29 is 46.0 Å². The molecule has 6 atom stereocenters. The van der Waals surface area contributed by atoms with Gasteiger partial charge in [0.2, 0.25) is 11.8 Å². The van der Waals surface area contributed by atoms with Gasteiger partial charge in [-0.3, -0.25) is 9.59 Å². The summed E-state index contributed by atoms with van der Waals surface area (Å²) in [6.45, 7) is 11.8. The van der Waals surface area contributed by atoms with Crippen LogP contribution in [0.5, 0.6) is 0 Å². The SMILES string of the molecule is Cc1ncoc1-c1ccc([C@H](C)NC(=O)[C@@H]2C[C@@H](OC(=O)OC(C)C(C)SS(C)(=O)=O)CN2C(=O)[C@@H](c2cc(N3CCC(C=O)CC3)no2)C(C)C)cc1. The van der Waals surface area contributed by atoms with Crippen molar-refractivity contribution in [1.82, 2.24) is 20.4 Å². The summed E-state index contributed by atoms with van der Waals surface area (Å²) in [4.78, 5) is 60.3. The van der Waals surface area contributed by atoms with Crippen molar-refractivity contribution in [3.63, 3.8) is 0 Å². The van der Waals surface area contributed by atoms with Crippen molar-refractivity contribution >= 4 is 49.7 Å². The third-order valence-corrected chi connectivity index (χ3v) is 13.0. The lowest BCUT2D eigenvalue weighted by molar-refractivity contribution is -0.141. The monoisotopic (exact) mass is 787 g/mol. The fourth-order valence-corrected chi connectivity index (χ4v) is 9.68. The molecule has 294 valence electrons. The molecule has 2 aromatic heterocycles. The lowest BCUT2D eigenvalue weighted by Crippen LogP contribution is -2.48. The number of benzene rings is 1. The largest absolute Gasteiger partial charge is 0.508 e. The minimum Gasteiger partial charge on any atom is -0.443 e. The molecule has 4 heterocycles. The molecule has 2 unspecified atom stereocenters. The number of aromatic nitrogens is 2. The molecule has 2 saturated heterocycles. The van der Waals surface area contributed by atoms with Crippen LogP contribution in [-0.2, 0) is 32.7 Å². The van der Waals surface area contributed by atoms with Gasteiger partial charge in [-0.2, -0.15) is 0 Å². The highest BCUT2D eigenvalue weighted by atomic mass is 33.1. The molecule has 2 aliphatic heterocycles. The van der Waals surface area contributed by atoms with Gasteiger partial charge in [-0.15, -0.1) is 0 Å². The van der Waals surface area contributed by atoms with Crippen molar-refractivity contribution in [2.75, 3.05) is 30.8 Å². The third kappa shape index (κ3) is 10.0. The van der Waals surface area contributed by atoms with Gasteiger partial charge in [0.25, 0.3) is 0 Å². The molecule has 0 bridgehead atoms. The number of aldehydes is 1. The predicted octanol–water partition coefficient (Wildman–Crippen LogP) is 5.26. The molecule has 1 aromatic carbocycles. The van der Waals surface area contributed by atoms with E-state index in [4.69, 9.17) is 18.4 Å². The molecule has 5 rings (SSSR count). The number of amides is 2. The summed E-state index contributed by atoms with van der Waals surface area (Å²) in [5.74, 6) is -0.316. The maximum atomic E-state index is 14.5. The van der Waals surface area contributed by atoms with Crippen LogP contribution in [0.25, 0.3) is 11.3 Å². The minimum atomic E-state index is -3.39. The van der Waals surface area contributed by atoms with Crippen molar-refractivity contribution in [2.24, 2.45) is 11.8 Å². The quantitative estimate of drug-likeness (QED) is 0.126. The second kappa shape index (κ2) is 17.4. The Kier molecular flexibility index (Phi) is 13.1. The lowest BCUT2D eigenvalue weighted by Gasteiger charge is -2.30. The van der Waals surface area contributed by atoms with E-state index in [1.54, 1.807) is 19.9 Å². The first-order chi connectivity index (χ1) is 25.5. The smallest absolute Gasteiger partial charge is 0.443 e. The van der Waals surface area contributed by atoms with Gasteiger partial charge >= 0.3 is 6.16 Å². The van der Waals surface area contributed by atoms with Gasteiger partial charge in [-0.25, -0.2) is 18.2 Å².